The van der Waals surface area contributed by atoms with Crippen LogP contribution in [0, 0.1) is 13.8 Å². The summed E-state index contributed by atoms with van der Waals surface area (Å²) in [6, 6.07) is 11.0. The monoisotopic (exact) mass is 539 g/mol. The highest BCUT2D eigenvalue weighted by Crippen LogP contribution is 2.10. The number of rotatable bonds is 8. The number of aromatic nitrogens is 2. The molecule has 172 valence electrons. The van der Waals surface area contributed by atoms with Gasteiger partial charge < -0.3 is 15.5 Å². The third-order valence-corrected chi connectivity index (χ3v) is 5.65. The minimum absolute atomic E-state index is 0. The predicted octanol–water partition coefficient (Wildman–Crippen LogP) is 2.62. The Morgan fingerprint density at radius 2 is 1.71 bits per heavy atom. The van der Waals surface area contributed by atoms with Gasteiger partial charge in [0, 0.05) is 65.1 Å². The third-order valence-electron chi connectivity index (χ3n) is 5.65. The number of halogens is 1. The van der Waals surface area contributed by atoms with Gasteiger partial charge in [-0.25, -0.2) is 0 Å². The lowest BCUT2D eigenvalue weighted by Gasteiger charge is -2.32. The first-order valence-corrected chi connectivity index (χ1v) is 11.0. The summed E-state index contributed by atoms with van der Waals surface area (Å²) in [4.78, 5) is 9.26. The van der Waals surface area contributed by atoms with Crippen LogP contribution < -0.4 is 10.6 Å². The van der Waals surface area contributed by atoms with Gasteiger partial charge in [0.15, 0.2) is 5.96 Å². The van der Waals surface area contributed by atoms with Crippen LogP contribution in [-0.4, -0.2) is 72.4 Å². The molecule has 3 rings (SSSR count). The van der Waals surface area contributed by atoms with E-state index in [1.54, 1.807) is 0 Å². The van der Waals surface area contributed by atoms with Gasteiger partial charge in [0.1, 0.15) is 0 Å². The zero-order chi connectivity index (χ0) is 21.3. The fraction of sp³-hybridized carbons (Fsp3) is 0.565. The Balaban J connectivity index is 0.00000341. The van der Waals surface area contributed by atoms with Crippen molar-refractivity contribution in [1.29, 1.82) is 0 Å². The second-order valence-electron chi connectivity index (χ2n) is 8.25. The zero-order valence-electron chi connectivity index (χ0n) is 19.4. The molecule has 0 aliphatic carbocycles. The van der Waals surface area contributed by atoms with Gasteiger partial charge >= 0.3 is 0 Å². The van der Waals surface area contributed by atoms with E-state index in [9.17, 15) is 0 Å². The van der Waals surface area contributed by atoms with E-state index in [-0.39, 0.29) is 24.0 Å². The summed E-state index contributed by atoms with van der Waals surface area (Å²) in [5, 5.41) is 11.3. The number of benzene rings is 1. The quantitative estimate of drug-likeness (QED) is 0.234. The average molecular weight is 540 g/mol. The first kappa shape index (κ1) is 25.6. The summed E-state index contributed by atoms with van der Waals surface area (Å²) in [7, 11) is 4.01. The SMILES string of the molecule is CN=C(NCCCn1nc(C)cc1C)NCc1ccc(CN2CCN(C)CC2)cc1.I. The van der Waals surface area contributed by atoms with E-state index in [0.29, 0.717) is 0 Å². The van der Waals surface area contributed by atoms with Crippen molar-refractivity contribution in [2.45, 2.75) is 39.9 Å². The molecule has 0 atom stereocenters. The predicted molar refractivity (Wildman–Crippen MR) is 139 cm³/mol. The van der Waals surface area contributed by atoms with Crippen LogP contribution in [0.3, 0.4) is 0 Å². The molecule has 1 saturated heterocycles. The lowest BCUT2D eigenvalue weighted by atomic mass is 10.1. The molecule has 2 heterocycles. The van der Waals surface area contributed by atoms with Crippen LogP contribution in [0.4, 0.5) is 0 Å². The van der Waals surface area contributed by atoms with E-state index >= 15 is 0 Å². The van der Waals surface area contributed by atoms with Gasteiger partial charge in [-0.2, -0.15) is 5.10 Å². The number of hydrogen-bond donors (Lipinski definition) is 2. The lowest BCUT2D eigenvalue weighted by Crippen LogP contribution is -2.43. The number of piperazine rings is 1. The fourth-order valence-electron chi connectivity index (χ4n) is 3.77. The highest BCUT2D eigenvalue weighted by Gasteiger charge is 2.13. The number of aliphatic imine (C=N–C) groups is 1. The Bertz CT molecular complexity index is 808. The Morgan fingerprint density at radius 3 is 2.32 bits per heavy atom. The highest BCUT2D eigenvalue weighted by atomic mass is 127. The van der Waals surface area contributed by atoms with E-state index in [1.165, 1.54) is 16.8 Å². The summed E-state index contributed by atoms with van der Waals surface area (Å²) in [5.41, 5.74) is 4.94. The molecule has 31 heavy (non-hydrogen) atoms. The molecular weight excluding hydrogens is 501 g/mol. The Hall–Kier alpha value is -1.65. The van der Waals surface area contributed by atoms with Crippen molar-refractivity contribution in [2.75, 3.05) is 46.8 Å². The van der Waals surface area contributed by atoms with Crippen molar-refractivity contribution in [3.8, 4) is 0 Å². The zero-order valence-corrected chi connectivity index (χ0v) is 21.7. The summed E-state index contributed by atoms with van der Waals surface area (Å²) in [6.07, 6.45) is 1.00. The van der Waals surface area contributed by atoms with Crippen LogP contribution in [0.1, 0.15) is 28.9 Å². The highest BCUT2D eigenvalue weighted by molar-refractivity contribution is 14.0. The first-order valence-electron chi connectivity index (χ1n) is 11.0. The maximum atomic E-state index is 4.51. The van der Waals surface area contributed by atoms with Crippen LogP contribution in [-0.2, 0) is 19.6 Å². The van der Waals surface area contributed by atoms with Crippen LogP contribution in [0.15, 0.2) is 35.3 Å². The van der Waals surface area contributed by atoms with Gasteiger partial charge in [0.05, 0.1) is 5.69 Å². The van der Waals surface area contributed by atoms with E-state index in [1.807, 2.05) is 14.0 Å². The summed E-state index contributed by atoms with van der Waals surface area (Å²) in [6.45, 7) is 12.4. The standard InChI is InChI=1S/C23H37N7.HI/c1-19-16-20(2)30(27-19)11-5-10-25-23(24-3)26-17-21-6-8-22(9-7-21)18-29-14-12-28(4)13-15-29;/h6-9,16H,5,10-15,17-18H2,1-4H3,(H2,24,25,26);1H. The normalized spacial score (nSPS) is 15.5. The molecule has 0 amide bonds. The van der Waals surface area contributed by atoms with E-state index < -0.39 is 0 Å². The Labute approximate surface area is 204 Å². The van der Waals surface area contributed by atoms with Crippen LogP contribution >= 0.6 is 24.0 Å². The minimum Gasteiger partial charge on any atom is -0.356 e. The minimum atomic E-state index is 0. The molecule has 8 heteroatoms. The van der Waals surface area contributed by atoms with Gasteiger partial charge in [-0.3, -0.25) is 14.6 Å². The van der Waals surface area contributed by atoms with Gasteiger partial charge in [0.2, 0.25) is 0 Å². The summed E-state index contributed by atoms with van der Waals surface area (Å²) >= 11 is 0. The Kier molecular flexibility index (Phi) is 10.8. The van der Waals surface area contributed by atoms with Crippen molar-refractivity contribution < 1.29 is 0 Å². The molecule has 1 fully saturated rings. The van der Waals surface area contributed by atoms with Crippen molar-refractivity contribution in [3.05, 3.63) is 52.8 Å². The van der Waals surface area contributed by atoms with Crippen LogP contribution in [0.25, 0.3) is 0 Å². The van der Waals surface area contributed by atoms with Crippen molar-refractivity contribution in [3.63, 3.8) is 0 Å². The number of likely N-dealkylation sites (N-methyl/N-ethyl adjacent to an activating group) is 1. The van der Waals surface area contributed by atoms with Gasteiger partial charge in [-0.1, -0.05) is 24.3 Å². The number of hydrogen-bond acceptors (Lipinski definition) is 4. The largest absolute Gasteiger partial charge is 0.356 e. The van der Waals surface area contributed by atoms with E-state index in [0.717, 1.165) is 70.4 Å². The molecule has 2 aromatic rings. The van der Waals surface area contributed by atoms with Gasteiger partial charge in [-0.05, 0) is 44.5 Å². The van der Waals surface area contributed by atoms with Crippen molar-refractivity contribution in [1.82, 2.24) is 30.2 Å². The van der Waals surface area contributed by atoms with Crippen molar-refractivity contribution >= 4 is 29.9 Å². The van der Waals surface area contributed by atoms with Crippen LogP contribution in [0.5, 0.6) is 0 Å². The Morgan fingerprint density at radius 1 is 1.03 bits per heavy atom. The molecule has 2 N–H and O–H groups in total. The summed E-state index contributed by atoms with van der Waals surface area (Å²) in [5.74, 6) is 0.838. The average Bonchev–Trinajstić information content (AvgIpc) is 3.07. The summed E-state index contributed by atoms with van der Waals surface area (Å²) < 4.78 is 2.07. The van der Waals surface area contributed by atoms with E-state index in [2.05, 4.69) is 79.5 Å². The molecule has 0 radical (unpaired) electrons. The molecule has 0 unspecified atom stereocenters. The molecular formula is C23H38IN7. The number of nitrogens with zero attached hydrogens (tertiary/aromatic N) is 5. The second kappa shape index (κ2) is 13.0. The van der Waals surface area contributed by atoms with Gasteiger partial charge in [0.25, 0.3) is 0 Å². The number of guanidine groups is 1. The molecule has 0 spiro atoms. The second-order valence-corrected chi connectivity index (χ2v) is 8.25. The molecule has 1 aliphatic heterocycles. The molecule has 1 aliphatic rings. The van der Waals surface area contributed by atoms with E-state index in [4.69, 9.17) is 0 Å². The van der Waals surface area contributed by atoms with Crippen molar-refractivity contribution in [2.24, 2.45) is 4.99 Å². The molecule has 1 aromatic carbocycles. The topological polar surface area (TPSA) is 60.7 Å². The number of aryl methyl sites for hydroxylation is 3. The van der Waals surface area contributed by atoms with Crippen LogP contribution in [0.2, 0.25) is 0 Å². The lowest BCUT2D eigenvalue weighted by molar-refractivity contribution is 0.148. The molecule has 1 aromatic heterocycles. The molecule has 0 saturated carbocycles. The third kappa shape index (κ3) is 8.42. The smallest absolute Gasteiger partial charge is 0.191 e. The van der Waals surface area contributed by atoms with Gasteiger partial charge in [-0.15, -0.1) is 24.0 Å². The number of nitrogens with one attached hydrogen (secondary N) is 2. The molecule has 7 nitrogen and oxygen atoms in total. The maximum Gasteiger partial charge on any atom is 0.191 e. The fourth-order valence-corrected chi connectivity index (χ4v) is 3.77. The molecule has 0 bridgehead atoms. The maximum absolute atomic E-state index is 4.51. The first-order chi connectivity index (χ1) is 14.5.